The highest BCUT2D eigenvalue weighted by atomic mass is 19.4. The zero-order valence-corrected chi connectivity index (χ0v) is 7.42. The van der Waals surface area contributed by atoms with Gasteiger partial charge in [0.15, 0.2) is 0 Å². The predicted octanol–water partition coefficient (Wildman–Crippen LogP) is 1.61. The van der Waals surface area contributed by atoms with Gasteiger partial charge >= 0.3 is 6.18 Å². The molecule has 0 aliphatic carbocycles. The van der Waals surface area contributed by atoms with Gasteiger partial charge in [0.05, 0.1) is 13.2 Å². The second-order valence-corrected chi connectivity index (χ2v) is 2.67. The summed E-state index contributed by atoms with van der Waals surface area (Å²) in [5, 5.41) is 0. The van der Waals surface area contributed by atoms with Crippen LogP contribution in [0.5, 0.6) is 0 Å². The number of hydrogen-bond donors (Lipinski definition) is 1. The van der Waals surface area contributed by atoms with Crippen LogP contribution in [0.3, 0.4) is 0 Å². The molecule has 1 aromatic heterocycles. The zero-order chi connectivity index (χ0) is 10.4. The van der Waals surface area contributed by atoms with Crippen molar-refractivity contribution in [1.29, 1.82) is 0 Å². The van der Waals surface area contributed by atoms with E-state index in [9.17, 15) is 13.2 Å². The second kappa shape index (κ2) is 4.90. The number of ether oxygens (including phenoxy) is 1. The van der Waals surface area contributed by atoms with Crippen LogP contribution < -0.4 is 5.43 Å². The van der Waals surface area contributed by atoms with Gasteiger partial charge in [-0.1, -0.05) is 0 Å². The lowest BCUT2D eigenvalue weighted by atomic mass is 10.6. The van der Waals surface area contributed by atoms with Crippen LogP contribution >= 0.6 is 0 Å². The summed E-state index contributed by atoms with van der Waals surface area (Å²) in [6, 6.07) is 3.62. The number of rotatable bonds is 5. The minimum Gasteiger partial charge on any atom is -0.370 e. The third-order valence-corrected chi connectivity index (χ3v) is 1.41. The molecule has 0 saturated carbocycles. The maximum atomic E-state index is 11.6. The number of hydrogen-bond acceptors (Lipinski definition) is 2. The molecule has 0 aromatic carbocycles. The first-order valence-corrected chi connectivity index (χ1v) is 4.09. The number of nitrogens with one attached hydrogen (secondary N) is 1. The van der Waals surface area contributed by atoms with E-state index in [1.807, 2.05) is 12.1 Å². The van der Waals surface area contributed by atoms with Gasteiger partial charge in [0.1, 0.15) is 6.61 Å². The Labute approximate surface area is 79.4 Å². The van der Waals surface area contributed by atoms with E-state index in [2.05, 4.69) is 10.2 Å². The van der Waals surface area contributed by atoms with Gasteiger partial charge in [-0.15, -0.1) is 0 Å². The maximum absolute atomic E-state index is 11.6. The Kier molecular flexibility index (Phi) is 3.82. The third kappa shape index (κ3) is 4.76. The zero-order valence-electron chi connectivity index (χ0n) is 7.42. The molecule has 0 aliphatic rings. The molecule has 1 heterocycles. The third-order valence-electron chi connectivity index (χ3n) is 1.41. The summed E-state index contributed by atoms with van der Waals surface area (Å²) in [5.74, 6) is 0. The molecule has 1 rings (SSSR count). The van der Waals surface area contributed by atoms with E-state index in [4.69, 9.17) is 0 Å². The van der Waals surface area contributed by atoms with Crippen molar-refractivity contribution in [3.05, 3.63) is 24.5 Å². The molecule has 1 aromatic rings. The van der Waals surface area contributed by atoms with Crippen LogP contribution in [0, 0.1) is 0 Å². The van der Waals surface area contributed by atoms with Gasteiger partial charge in [-0.2, -0.15) is 13.2 Å². The van der Waals surface area contributed by atoms with Crippen molar-refractivity contribution in [2.24, 2.45) is 0 Å². The van der Waals surface area contributed by atoms with Crippen molar-refractivity contribution in [1.82, 2.24) is 4.68 Å². The molecule has 0 aliphatic heterocycles. The smallest absolute Gasteiger partial charge is 0.370 e. The van der Waals surface area contributed by atoms with Crippen LogP contribution in [0.1, 0.15) is 0 Å². The summed E-state index contributed by atoms with van der Waals surface area (Å²) in [6.45, 7) is -0.831. The van der Waals surface area contributed by atoms with E-state index in [0.717, 1.165) is 0 Å². The minimum absolute atomic E-state index is 0.0255. The van der Waals surface area contributed by atoms with Crippen LogP contribution in [-0.2, 0) is 4.74 Å². The predicted molar refractivity (Wildman–Crippen MR) is 45.5 cm³/mol. The van der Waals surface area contributed by atoms with E-state index in [0.29, 0.717) is 6.54 Å². The summed E-state index contributed by atoms with van der Waals surface area (Å²) in [4.78, 5) is 0. The number of nitrogens with zero attached hydrogens (tertiary/aromatic N) is 1. The fourth-order valence-corrected chi connectivity index (χ4v) is 0.875. The summed E-state index contributed by atoms with van der Waals surface area (Å²) in [5.41, 5.74) is 2.84. The van der Waals surface area contributed by atoms with E-state index < -0.39 is 12.8 Å². The first-order chi connectivity index (χ1) is 6.58. The van der Waals surface area contributed by atoms with Crippen molar-refractivity contribution in [2.45, 2.75) is 6.18 Å². The molecular formula is C8H11F3N2O. The highest BCUT2D eigenvalue weighted by Gasteiger charge is 2.27. The highest BCUT2D eigenvalue weighted by Crippen LogP contribution is 2.13. The van der Waals surface area contributed by atoms with Gasteiger partial charge in [-0.05, 0) is 12.1 Å². The number of halogens is 3. The molecule has 0 unspecified atom stereocenters. The van der Waals surface area contributed by atoms with E-state index in [-0.39, 0.29) is 6.61 Å². The Balaban J connectivity index is 2.00. The van der Waals surface area contributed by atoms with Gasteiger partial charge in [0.25, 0.3) is 0 Å². The second-order valence-electron chi connectivity index (χ2n) is 2.67. The van der Waals surface area contributed by atoms with E-state index in [1.165, 1.54) is 0 Å². The highest BCUT2D eigenvalue weighted by molar-refractivity contribution is 4.92. The normalized spacial score (nSPS) is 11.6. The SMILES string of the molecule is FC(F)(F)COCCNn1cccc1. The van der Waals surface area contributed by atoms with Crippen molar-refractivity contribution in [3.8, 4) is 0 Å². The molecule has 0 spiro atoms. The Bertz CT molecular complexity index is 246. The van der Waals surface area contributed by atoms with Crippen molar-refractivity contribution >= 4 is 0 Å². The van der Waals surface area contributed by atoms with Gasteiger partial charge in [0, 0.05) is 12.4 Å². The monoisotopic (exact) mass is 208 g/mol. The molecule has 3 nitrogen and oxygen atoms in total. The molecule has 0 saturated heterocycles. The van der Waals surface area contributed by atoms with Crippen LogP contribution in [0.15, 0.2) is 24.5 Å². The molecule has 0 atom stereocenters. The van der Waals surface area contributed by atoms with Gasteiger partial charge in [-0.25, -0.2) is 0 Å². The number of aromatic nitrogens is 1. The Morgan fingerprint density at radius 1 is 1.21 bits per heavy atom. The Hall–Kier alpha value is -1.17. The molecule has 0 fully saturated rings. The average molecular weight is 208 g/mol. The van der Waals surface area contributed by atoms with Crippen molar-refractivity contribution in [3.63, 3.8) is 0 Å². The molecule has 0 radical (unpaired) electrons. The lowest BCUT2D eigenvalue weighted by Crippen LogP contribution is -2.22. The summed E-state index contributed by atoms with van der Waals surface area (Å²) in [7, 11) is 0. The standard InChI is InChI=1S/C8H11F3N2O/c9-8(10,11)7-14-6-3-12-13-4-1-2-5-13/h1-2,4-5,12H,3,6-7H2. The molecule has 0 amide bonds. The van der Waals surface area contributed by atoms with Crippen molar-refractivity contribution in [2.75, 3.05) is 25.2 Å². The Morgan fingerprint density at radius 3 is 2.43 bits per heavy atom. The van der Waals surface area contributed by atoms with Crippen LogP contribution in [0.2, 0.25) is 0 Å². The van der Waals surface area contributed by atoms with Crippen molar-refractivity contribution < 1.29 is 17.9 Å². The maximum Gasteiger partial charge on any atom is 0.411 e. The fourth-order valence-electron chi connectivity index (χ4n) is 0.875. The molecule has 14 heavy (non-hydrogen) atoms. The molecule has 80 valence electrons. The molecular weight excluding hydrogens is 197 g/mol. The molecule has 0 bridgehead atoms. The van der Waals surface area contributed by atoms with E-state index >= 15 is 0 Å². The first kappa shape index (κ1) is 10.9. The van der Waals surface area contributed by atoms with Gasteiger partial charge < -0.3 is 10.2 Å². The molecule has 1 N–H and O–H groups in total. The topological polar surface area (TPSA) is 26.2 Å². The van der Waals surface area contributed by atoms with Crippen LogP contribution in [0.25, 0.3) is 0 Å². The largest absolute Gasteiger partial charge is 0.411 e. The number of alkyl halides is 3. The molecule has 6 heteroatoms. The van der Waals surface area contributed by atoms with Crippen LogP contribution in [-0.4, -0.2) is 30.6 Å². The summed E-state index contributed by atoms with van der Waals surface area (Å²) < 4.78 is 40.9. The Morgan fingerprint density at radius 2 is 1.86 bits per heavy atom. The van der Waals surface area contributed by atoms with Gasteiger partial charge in [-0.3, -0.25) is 4.68 Å². The minimum atomic E-state index is -4.24. The van der Waals surface area contributed by atoms with Gasteiger partial charge in [0.2, 0.25) is 0 Å². The quantitative estimate of drug-likeness (QED) is 0.744. The average Bonchev–Trinajstić information content (AvgIpc) is 2.54. The van der Waals surface area contributed by atoms with E-state index in [1.54, 1.807) is 17.1 Å². The summed E-state index contributed by atoms with van der Waals surface area (Å²) >= 11 is 0. The summed E-state index contributed by atoms with van der Waals surface area (Å²) in [6.07, 6.45) is -0.735. The first-order valence-electron chi connectivity index (χ1n) is 4.09. The van der Waals surface area contributed by atoms with Crippen LogP contribution in [0.4, 0.5) is 13.2 Å². The lowest BCUT2D eigenvalue weighted by Gasteiger charge is -2.09. The lowest BCUT2D eigenvalue weighted by molar-refractivity contribution is -0.173. The fraction of sp³-hybridized carbons (Fsp3) is 0.500.